The zero-order valence-corrected chi connectivity index (χ0v) is 18.2. The third-order valence-electron chi connectivity index (χ3n) is 5.96. The molecule has 32 heavy (non-hydrogen) atoms. The standard InChI is InChI=1S/C25H23NO6/c1-12-15(4)31-22-14(3)23-18(10-17(12)22)13(2)19(25(30)32-23)11-20(27)26-21(24(28)29)16-8-6-5-7-9-16/h5-10,21H,11H2,1-4H3,(H,26,27)(H,28,29)/p-1/t21-/m0/s1. The fourth-order valence-corrected chi connectivity index (χ4v) is 3.99. The summed E-state index contributed by atoms with van der Waals surface area (Å²) in [6.45, 7) is 7.41. The number of carboxylic acid groups (broad SMARTS) is 1. The fourth-order valence-electron chi connectivity index (χ4n) is 3.99. The third kappa shape index (κ3) is 3.56. The number of hydrogen-bond donors (Lipinski definition) is 1. The highest BCUT2D eigenvalue weighted by molar-refractivity contribution is 6.00. The monoisotopic (exact) mass is 432 g/mol. The van der Waals surface area contributed by atoms with Gasteiger partial charge in [-0.3, -0.25) is 4.79 Å². The molecule has 0 aliphatic carbocycles. The predicted molar refractivity (Wildman–Crippen MR) is 117 cm³/mol. The summed E-state index contributed by atoms with van der Waals surface area (Å²) in [6.07, 6.45) is -0.318. The number of carbonyl (C=O) groups is 2. The van der Waals surface area contributed by atoms with Gasteiger partial charge in [0.25, 0.3) is 0 Å². The number of aryl methyl sites for hydroxylation is 4. The van der Waals surface area contributed by atoms with Crippen LogP contribution in [0.4, 0.5) is 0 Å². The number of hydrogen-bond acceptors (Lipinski definition) is 6. The van der Waals surface area contributed by atoms with Crippen LogP contribution in [-0.4, -0.2) is 11.9 Å². The lowest BCUT2D eigenvalue weighted by molar-refractivity contribution is -0.308. The molecule has 0 saturated carbocycles. The summed E-state index contributed by atoms with van der Waals surface area (Å²) in [5.74, 6) is -1.27. The maximum Gasteiger partial charge on any atom is 0.340 e. The number of benzene rings is 2. The molecule has 2 aromatic carbocycles. The SMILES string of the molecule is Cc1oc2c(C)c3oc(=O)c(CC(=O)N[C@H](C(=O)[O-])c4ccccc4)c(C)c3cc2c1C. The number of amides is 1. The number of carboxylic acids is 1. The summed E-state index contributed by atoms with van der Waals surface area (Å²) >= 11 is 0. The van der Waals surface area contributed by atoms with Gasteiger partial charge in [-0.05, 0) is 50.5 Å². The zero-order chi connectivity index (χ0) is 23.2. The molecule has 0 fully saturated rings. The van der Waals surface area contributed by atoms with Gasteiger partial charge in [-0.2, -0.15) is 0 Å². The van der Waals surface area contributed by atoms with Crippen molar-refractivity contribution in [2.75, 3.05) is 0 Å². The van der Waals surface area contributed by atoms with E-state index >= 15 is 0 Å². The van der Waals surface area contributed by atoms with Gasteiger partial charge in [0.05, 0.1) is 24.0 Å². The molecule has 0 unspecified atom stereocenters. The van der Waals surface area contributed by atoms with Gasteiger partial charge < -0.3 is 24.1 Å². The minimum atomic E-state index is -1.43. The molecule has 1 amide bonds. The molecule has 0 aliphatic rings. The lowest BCUT2D eigenvalue weighted by Crippen LogP contribution is -2.42. The van der Waals surface area contributed by atoms with Crippen molar-refractivity contribution in [2.24, 2.45) is 0 Å². The van der Waals surface area contributed by atoms with Crippen LogP contribution in [0.3, 0.4) is 0 Å². The Labute approximate surface area is 183 Å². The van der Waals surface area contributed by atoms with E-state index < -0.39 is 23.5 Å². The van der Waals surface area contributed by atoms with Crippen molar-refractivity contribution < 1.29 is 23.5 Å². The molecule has 2 aromatic heterocycles. The number of furan rings is 1. The van der Waals surface area contributed by atoms with Crippen molar-refractivity contribution in [1.82, 2.24) is 5.32 Å². The molecular formula is C25H22NO6-. The molecule has 0 spiro atoms. The van der Waals surface area contributed by atoms with Crippen LogP contribution < -0.4 is 16.0 Å². The first-order valence-corrected chi connectivity index (χ1v) is 10.2. The first kappa shape index (κ1) is 21.4. The van der Waals surface area contributed by atoms with Crippen molar-refractivity contribution in [3.8, 4) is 0 Å². The Morgan fingerprint density at radius 1 is 0.938 bits per heavy atom. The van der Waals surface area contributed by atoms with Gasteiger partial charge in [-0.15, -0.1) is 0 Å². The first-order chi connectivity index (χ1) is 15.2. The Kier molecular flexibility index (Phi) is 5.34. The summed E-state index contributed by atoms with van der Waals surface area (Å²) in [5.41, 5.74) is 3.32. The largest absolute Gasteiger partial charge is 0.548 e. The number of rotatable bonds is 5. The Bertz CT molecular complexity index is 1430. The Balaban J connectivity index is 1.73. The van der Waals surface area contributed by atoms with Crippen LogP contribution in [0.25, 0.3) is 21.9 Å². The lowest BCUT2D eigenvalue weighted by Gasteiger charge is -2.20. The molecular weight excluding hydrogens is 410 g/mol. The van der Waals surface area contributed by atoms with Crippen molar-refractivity contribution in [3.63, 3.8) is 0 Å². The minimum Gasteiger partial charge on any atom is -0.548 e. The van der Waals surface area contributed by atoms with Crippen LogP contribution >= 0.6 is 0 Å². The van der Waals surface area contributed by atoms with E-state index in [0.717, 1.165) is 16.7 Å². The zero-order valence-electron chi connectivity index (χ0n) is 18.2. The van der Waals surface area contributed by atoms with Crippen molar-refractivity contribution >= 4 is 33.8 Å². The van der Waals surface area contributed by atoms with E-state index in [1.807, 2.05) is 26.8 Å². The fraction of sp³-hybridized carbons (Fsp3) is 0.240. The average Bonchev–Trinajstić information content (AvgIpc) is 3.05. The molecule has 4 rings (SSSR count). The highest BCUT2D eigenvalue weighted by Gasteiger charge is 2.22. The van der Waals surface area contributed by atoms with Gasteiger partial charge in [-0.25, -0.2) is 4.79 Å². The Hall–Kier alpha value is -3.87. The number of aliphatic carboxylic acids is 1. The molecule has 0 aliphatic heterocycles. The quantitative estimate of drug-likeness (QED) is 0.485. The molecule has 4 aromatic rings. The molecule has 2 heterocycles. The van der Waals surface area contributed by atoms with Crippen LogP contribution in [0.15, 0.2) is 50.0 Å². The van der Waals surface area contributed by atoms with Gasteiger partial charge >= 0.3 is 5.63 Å². The molecule has 164 valence electrons. The summed E-state index contributed by atoms with van der Waals surface area (Å²) in [7, 11) is 0. The second-order valence-electron chi connectivity index (χ2n) is 7.94. The number of nitrogens with one attached hydrogen (secondary N) is 1. The van der Waals surface area contributed by atoms with Gasteiger partial charge in [0.15, 0.2) is 0 Å². The first-order valence-electron chi connectivity index (χ1n) is 10.2. The number of carbonyl (C=O) groups excluding carboxylic acids is 2. The minimum absolute atomic E-state index is 0.178. The molecule has 0 radical (unpaired) electrons. The smallest absolute Gasteiger partial charge is 0.340 e. The van der Waals surface area contributed by atoms with Crippen LogP contribution in [0, 0.1) is 27.7 Å². The summed E-state index contributed by atoms with van der Waals surface area (Å²) in [5, 5.41) is 15.6. The molecule has 1 N–H and O–H groups in total. The van der Waals surface area contributed by atoms with Crippen LogP contribution in [0.1, 0.15) is 39.6 Å². The van der Waals surface area contributed by atoms with E-state index in [1.54, 1.807) is 37.3 Å². The van der Waals surface area contributed by atoms with Crippen molar-refractivity contribution in [1.29, 1.82) is 0 Å². The Morgan fingerprint density at radius 2 is 1.56 bits per heavy atom. The summed E-state index contributed by atoms with van der Waals surface area (Å²) in [4.78, 5) is 37.0. The second kappa shape index (κ2) is 8.00. The third-order valence-corrected chi connectivity index (χ3v) is 5.96. The van der Waals surface area contributed by atoms with Gasteiger partial charge in [0, 0.05) is 16.3 Å². The van der Waals surface area contributed by atoms with Crippen molar-refractivity contribution in [2.45, 2.75) is 40.2 Å². The van der Waals surface area contributed by atoms with Crippen LogP contribution in [-0.2, 0) is 16.0 Å². The van der Waals surface area contributed by atoms with Gasteiger partial charge in [0.2, 0.25) is 5.91 Å². The van der Waals surface area contributed by atoms with E-state index in [9.17, 15) is 19.5 Å². The van der Waals surface area contributed by atoms with E-state index in [0.29, 0.717) is 33.2 Å². The van der Waals surface area contributed by atoms with E-state index in [-0.39, 0.29) is 12.0 Å². The van der Waals surface area contributed by atoms with E-state index in [4.69, 9.17) is 8.83 Å². The van der Waals surface area contributed by atoms with Gasteiger partial charge in [-0.1, -0.05) is 30.3 Å². The molecule has 1 atom stereocenters. The predicted octanol–water partition coefficient (Wildman–Crippen LogP) is 2.92. The summed E-state index contributed by atoms with van der Waals surface area (Å²) < 4.78 is 11.4. The van der Waals surface area contributed by atoms with Gasteiger partial charge in [0.1, 0.15) is 16.9 Å². The Morgan fingerprint density at radius 3 is 2.22 bits per heavy atom. The lowest BCUT2D eigenvalue weighted by atomic mass is 9.98. The second-order valence-corrected chi connectivity index (χ2v) is 7.94. The molecule has 0 saturated heterocycles. The van der Waals surface area contributed by atoms with E-state index in [2.05, 4.69) is 5.32 Å². The van der Waals surface area contributed by atoms with E-state index in [1.165, 1.54) is 0 Å². The molecule has 7 nitrogen and oxygen atoms in total. The van der Waals surface area contributed by atoms with Crippen LogP contribution in [0.5, 0.6) is 0 Å². The highest BCUT2D eigenvalue weighted by Crippen LogP contribution is 2.34. The van der Waals surface area contributed by atoms with Crippen LogP contribution in [0.2, 0.25) is 0 Å². The molecule has 7 heteroatoms. The average molecular weight is 432 g/mol. The molecule has 0 bridgehead atoms. The summed E-state index contributed by atoms with van der Waals surface area (Å²) in [6, 6.07) is 8.82. The number of fused-ring (bicyclic) bond motifs is 2. The highest BCUT2D eigenvalue weighted by atomic mass is 16.4. The maximum absolute atomic E-state index is 12.7. The normalized spacial score (nSPS) is 12.2. The van der Waals surface area contributed by atoms with Crippen molar-refractivity contribution in [3.05, 3.63) is 80.4 Å². The topological polar surface area (TPSA) is 113 Å². The maximum atomic E-state index is 12.7.